The number of alkyl halides is 6. The van der Waals surface area contributed by atoms with Crippen LogP contribution in [0.3, 0.4) is 0 Å². The van der Waals surface area contributed by atoms with Crippen LogP contribution < -0.4 is 5.32 Å². The van der Waals surface area contributed by atoms with Gasteiger partial charge in [0.15, 0.2) is 0 Å². The summed E-state index contributed by atoms with van der Waals surface area (Å²) in [7, 11) is 0. The van der Waals surface area contributed by atoms with Gasteiger partial charge in [0.1, 0.15) is 5.60 Å². The summed E-state index contributed by atoms with van der Waals surface area (Å²) in [6, 6.07) is 7.80. The SMILES string of the molecule is O=C1NCC(c2ccccc2Cl)C2(CCN(C(=O)c3cc(C(F)(F)F)cc(C(F)(F)F)c3)CC2)O1. The van der Waals surface area contributed by atoms with Gasteiger partial charge in [-0.3, -0.25) is 4.79 Å². The van der Waals surface area contributed by atoms with E-state index in [1.54, 1.807) is 24.3 Å². The van der Waals surface area contributed by atoms with E-state index in [1.165, 1.54) is 4.90 Å². The van der Waals surface area contributed by atoms with E-state index in [2.05, 4.69) is 5.32 Å². The maximum absolute atomic E-state index is 13.2. The van der Waals surface area contributed by atoms with Crippen molar-refractivity contribution in [3.63, 3.8) is 0 Å². The van der Waals surface area contributed by atoms with Crippen LogP contribution in [0.25, 0.3) is 0 Å². The van der Waals surface area contributed by atoms with Crippen molar-refractivity contribution in [1.82, 2.24) is 10.2 Å². The highest BCUT2D eigenvalue weighted by Crippen LogP contribution is 2.44. The summed E-state index contributed by atoms with van der Waals surface area (Å²) in [5.74, 6) is -1.33. The lowest BCUT2D eigenvalue weighted by Crippen LogP contribution is -2.58. The van der Waals surface area contributed by atoms with Crippen LogP contribution in [0.1, 0.15) is 45.8 Å². The molecule has 0 aromatic heterocycles. The number of nitrogens with zero attached hydrogens (tertiary/aromatic N) is 1. The normalized spacial score (nSPS) is 20.4. The number of nitrogens with one attached hydrogen (secondary N) is 1. The summed E-state index contributed by atoms with van der Waals surface area (Å²) < 4.78 is 84.8. The molecule has 2 aromatic rings. The molecule has 1 N–H and O–H groups in total. The molecule has 2 amide bonds. The van der Waals surface area contributed by atoms with Crippen molar-refractivity contribution in [1.29, 1.82) is 0 Å². The zero-order chi connectivity index (χ0) is 25.6. The van der Waals surface area contributed by atoms with Gasteiger partial charge in [-0.2, -0.15) is 26.3 Å². The molecule has 2 saturated heterocycles. The second kappa shape index (κ2) is 8.92. The molecule has 2 aliphatic rings. The van der Waals surface area contributed by atoms with Gasteiger partial charge in [-0.05, 0) is 29.8 Å². The topological polar surface area (TPSA) is 58.6 Å². The molecular formula is C23H19ClF6N2O3. The number of likely N-dealkylation sites (tertiary alicyclic amines) is 1. The smallest absolute Gasteiger partial charge is 0.416 e. The maximum Gasteiger partial charge on any atom is 0.416 e. The predicted octanol–water partition coefficient (Wildman–Crippen LogP) is 5.88. The van der Waals surface area contributed by atoms with Crippen LogP contribution in [0.4, 0.5) is 31.1 Å². The molecule has 2 fully saturated rings. The maximum atomic E-state index is 13.2. The highest BCUT2D eigenvalue weighted by Gasteiger charge is 2.49. The summed E-state index contributed by atoms with van der Waals surface area (Å²) in [5, 5.41) is 3.07. The fourth-order valence-corrected chi connectivity index (χ4v) is 4.88. The van der Waals surface area contributed by atoms with Gasteiger partial charge in [0.2, 0.25) is 0 Å². The lowest BCUT2D eigenvalue weighted by molar-refractivity contribution is -0.143. The molecule has 1 atom stereocenters. The van der Waals surface area contributed by atoms with Gasteiger partial charge in [-0.15, -0.1) is 0 Å². The van der Waals surface area contributed by atoms with E-state index in [-0.39, 0.29) is 44.5 Å². The number of rotatable bonds is 2. The van der Waals surface area contributed by atoms with Gasteiger partial charge >= 0.3 is 18.4 Å². The Bertz CT molecular complexity index is 1110. The van der Waals surface area contributed by atoms with Crippen LogP contribution in [-0.2, 0) is 17.1 Å². The van der Waals surface area contributed by atoms with Crippen molar-refractivity contribution >= 4 is 23.6 Å². The molecule has 188 valence electrons. The first-order valence-electron chi connectivity index (χ1n) is 10.6. The number of hydrogen-bond acceptors (Lipinski definition) is 3. The zero-order valence-corrected chi connectivity index (χ0v) is 18.7. The molecule has 2 aliphatic heterocycles. The third kappa shape index (κ3) is 5.05. The lowest BCUT2D eigenvalue weighted by Gasteiger charge is -2.48. The summed E-state index contributed by atoms with van der Waals surface area (Å²) in [6.07, 6.45) is -10.5. The van der Waals surface area contributed by atoms with Crippen molar-refractivity contribution in [3.8, 4) is 0 Å². The Morgan fingerprint density at radius 3 is 2.11 bits per heavy atom. The molecule has 0 radical (unpaired) electrons. The monoisotopic (exact) mass is 520 g/mol. The third-order valence-electron chi connectivity index (χ3n) is 6.39. The Balaban J connectivity index is 1.60. The third-order valence-corrected chi connectivity index (χ3v) is 6.74. The first kappa shape index (κ1) is 25.2. The molecule has 0 bridgehead atoms. The quantitative estimate of drug-likeness (QED) is 0.503. The van der Waals surface area contributed by atoms with Gasteiger partial charge in [0.05, 0.1) is 11.1 Å². The number of carbonyl (C=O) groups is 2. The molecule has 35 heavy (non-hydrogen) atoms. The standard InChI is InChI=1S/C23H19ClF6N2O3/c24-18-4-2-1-3-16(18)17-12-31-20(34)35-21(17)5-7-32(8-6-21)19(33)13-9-14(22(25,26)27)11-15(10-13)23(28,29)30/h1-4,9-11,17H,5-8,12H2,(H,31,34). The van der Waals surface area contributed by atoms with Gasteiger partial charge in [0.25, 0.3) is 5.91 Å². The Kier molecular flexibility index (Phi) is 6.41. The van der Waals surface area contributed by atoms with E-state index in [1.807, 2.05) is 0 Å². The Hall–Kier alpha value is -2.95. The average molecular weight is 521 g/mol. The molecule has 4 rings (SSSR count). The van der Waals surface area contributed by atoms with Crippen LogP contribution in [0, 0.1) is 0 Å². The summed E-state index contributed by atoms with van der Waals surface area (Å²) in [6.45, 7) is 0.147. The predicted molar refractivity (Wildman–Crippen MR) is 113 cm³/mol. The van der Waals surface area contributed by atoms with Crippen LogP contribution in [-0.4, -0.2) is 42.1 Å². The molecule has 0 saturated carbocycles. The van der Waals surface area contributed by atoms with Crippen molar-refractivity contribution in [2.75, 3.05) is 19.6 Å². The van der Waals surface area contributed by atoms with Crippen molar-refractivity contribution in [2.45, 2.75) is 36.7 Å². The van der Waals surface area contributed by atoms with Gasteiger partial charge in [0, 0.05) is 49.0 Å². The Morgan fingerprint density at radius 2 is 1.57 bits per heavy atom. The minimum absolute atomic E-state index is 0.0232. The van der Waals surface area contributed by atoms with Crippen LogP contribution in [0.5, 0.6) is 0 Å². The molecule has 1 spiro atoms. The number of carbonyl (C=O) groups excluding carboxylic acids is 2. The number of halogens is 7. The molecule has 2 aromatic carbocycles. The number of benzene rings is 2. The lowest BCUT2D eigenvalue weighted by atomic mass is 9.74. The zero-order valence-electron chi connectivity index (χ0n) is 18.0. The van der Waals surface area contributed by atoms with E-state index >= 15 is 0 Å². The van der Waals surface area contributed by atoms with Crippen LogP contribution in [0.15, 0.2) is 42.5 Å². The number of hydrogen-bond donors (Lipinski definition) is 1. The van der Waals surface area contributed by atoms with E-state index in [0.29, 0.717) is 17.2 Å². The molecule has 5 nitrogen and oxygen atoms in total. The highest BCUT2D eigenvalue weighted by atomic mass is 35.5. The van der Waals surface area contributed by atoms with Gasteiger partial charge < -0.3 is 15.0 Å². The van der Waals surface area contributed by atoms with Crippen molar-refractivity contribution in [3.05, 3.63) is 69.7 Å². The molecule has 1 unspecified atom stereocenters. The minimum Gasteiger partial charge on any atom is -0.442 e. The second-order valence-corrected chi connectivity index (χ2v) is 8.90. The van der Waals surface area contributed by atoms with E-state index in [9.17, 15) is 35.9 Å². The fraction of sp³-hybridized carbons (Fsp3) is 0.391. The van der Waals surface area contributed by atoms with E-state index in [4.69, 9.17) is 16.3 Å². The van der Waals surface area contributed by atoms with Crippen molar-refractivity contribution < 1.29 is 40.7 Å². The van der Waals surface area contributed by atoms with Crippen molar-refractivity contribution in [2.24, 2.45) is 0 Å². The Labute approximate surface area is 201 Å². The molecule has 0 aliphatic carbocycles. The second-order valence-electron chi connectivity index (χ2n) is 8.50. The number of piperidine rings is 1. The summed E-state index contributed by atoms with van der Waals surface area (Å²) in [4.78, 5) is 26.2. The first-order chi connectivity index (χ1) is 16.3. The Morgan fingerprint density at radius 1 is 1.00 bits per heavy atom. The van der Waals surface area contributed by atoms with Crippen LogP contribution in [0.2, 0.25) is 5.02 Å². The van der Waals surface area contributed by atoms with E-state index in [0.717, 1.165) is 5.56 Å². The summed E-state index contributed by atoms with van der Waals surface area (Å²) >= 11 is 6.34. The minimum atomic E-state index is -5.06. The molecular weight excluding hydrogens is 502 g/mol. The van der Waals surface area contributed by atoms with E-state index < -0.39 is 46.6 Å². The van der Waals surface area contributed by atoms with Gasteiger partial charge in [-0.25, -0.2) is 4.79 Å². The summed E-state index contributed by atoms with van der Waals surface area (Å²) in [5.41, 5.74) is -4.14. The molecule has 12 heteroatoms. The average Bonchev–Trinajstić information content (AvgIpc) is 2.78. The first-order valence-corrected chi connectivity index (χ1v) is 11.0. The largest absolute Gasteiger partial charge is 0.442 e. The molecule has 2 heterocycles. The highest BCUT2D eigenvalue weighted by molar-refractivity contribution is 6.31. The van der Waals surface area contributed by atoms with Crippen LogP contribution >= 0.6 is 11.6 Å². The number of alkyl carbamates (subject to hydrolysis) is 1. The number of ether oxygens (including phenoxy) is 1. The fourth-order valence-electron chi connectivity index (χ4n) is 4.61. The number of amides is 2. The van der Waals surface area contributed by atoms with Gasteiger partial charge in [-0.1, -0.05) is 29.8 Å².